The van der Waals surface area contributed by atoms with Crippen molar-refractivity contribution < 1.29 is 9.90 Å². The van der Waals surface area contributed by atoms with Gasteiger partial charge in [0.05, 0.1) is 12.1 Å². The third kappa shape index (κ3) is 7.10. The number of carbonyl (C=O) groups excluding carboxylic acids is 1. The van der Waals surface area contributed by atoms with Gasteiger partial charge >= 0.3 is 0 Å². The van der Waals surface area contributed by atoms with Crippen molar-refractivity contribution in [1.29, 1.82) is 0 Å². The van der Waals surface area contributed by atoms with E-state index in [2.05, 4.69) is 17.2 Å². The number of nitrogens with one attached hydrogen (secondary N) is 1. The van der Waals surface area contributed by atoms with Crippen LogP contribution < -0.4 is 11.1 Å². The maximum Gasteiger partial charge on any atom is 0.241 e. The standard InChI is InChI=1S/C14H24N2O2/c1-5-6-8-11(17)9-7-10-16-13(18)12(15)14(2,3)4/h7,10-12,17H,8-9,15H2,1-4H3,(H,16,18)/b10-7-/t11-,12+/m0/s1. The van der Waals surface area contributed by atoms with Crippen molar-refractivity contribution >= 4 is 5.91 Å². The largest absolute Gasteiger partial charge is 0.392 e. The maximum atomic E-state index is 11.6. The van der Waals surface area contributed by atoms with E-state index in [1.54, 1.807) is 13.0 Å². The Morgan fingerprint density at radius 1 is 1.50 bits per heavy atom. The number of aliphatic hydroxyl groups is 1. The first kappa shape index (κ1) is 16.7. The number of nitrogens with two attached hydrogens (primary N) is 1. The Labute approximate surface area is 110 Å². The molecule has 4 N–H and O–H groups in total. The van der Waals surface area contributed by atoms with Gasteiger partial charge in [-0.15, -0.1) is 11.8 Å². The van der Waals surface area contributed by atoms with Gasteiger partial charge in [0.2, 0.25) is 5.91 Å². The molecule has 2 atom stereocenters. The topological polar surface area (TPSA) is 75.3 Å². The molecule has 0 aliphatic carbocycles. The van der Waals surface area contributed by atoms with E-state index in [9.17, 15) is 9.90 Å². The van der Waals surface area contributed by atoms with Gasteiger partial charge in [-0.2, -0.15) is 0 Å². The summed E-state index contributed by atoms with van der Waals surface area (Å²) in [6.07, 6.45) is 3.63. The van der Waals surface area contributed by atoms with Crippen LogP contribution in [0.3, 0.4) is 0 Å². The van der Waals surface area contributed by atoms with Crippen molar-refractivity contribution in [2.75, 3.05) is 0 Å². The van der Waals surface area contributed by atoms with E-state index in [0.29, 0.717) is 12.8 Å². The minimum atomic E-state index is -0.557. The number of rotatable bonds is 5. The molecule has 0 aliphatic rings. The molecule has 0 bridgehead atoms. The van der Waals surface area contributed by atoms with Crippen LogP contribution in [0.4, 0.5) is 0 Å². The Morgan fingerprint density at radius 2 is 2.11 bits per heavy atom. The van der Waals surface area contributed by atoms with Crippen LogP contribution in [0.2, 0.25) is 0 Å². The van der Waals surface area contributed by atoms with Crippen molar-refractivity contribution in [3.05, 3.63) is 12.3 Å². The Morgan fingerprint density at radius 3 is 2.61 bits per heavy atom. The molecule has 102 valence electrons. The van der Waals surface area contributed by atoms with Gasteiger partial charge in [-0.05, 0) is 25.0 Å². The first-order valence-corrected chi connectivity index (χ1v) is 6.07. The third-order valence-electron chi connectivity index (χ3n) is 2.48. The highest BCUT2D eigenvalue weighted by atomic mass is 16.3. The van der Waals surface area contributed by atoms with Crippen molar-refractivity contribution in [3.63, 3.8) is 0 Å². The van der Waals surface area contributed by atoms with Gasteiger partial charge in [0, 0.05) is 6.42 Å². The molecule has 0 spiro atoms. The van der Waals surface area contributed by atoms with Crippen LogP contribution in [0.15, 0.2) is 12.3 Å². The molecule has 4 heteroatoms. The molecule has 0 aromatic carbocycles. The fourth-order valence-electron chi connectivity index (χ4n) is 1.15. The molecular weight excluding hydrogens is 228 g/mol. The third-order valence-corrected chi connectivity index (χ3v) is 2.48. The molecule has 0 fully saturated rings. The molecule has 0 rings (SSSR count). The minimum absolute atomic E-state index is 0.221. The number of aliphatic hydroxyl groups excluding tert-OH is 1. The van der Waals surface area contributed by atoms with Crippen LogP contribution in [0.1, 0.15) is 40.5 Å². The Bertz CT molecular complexity index is 345. The van der Waals surface area contributed by atoms with Gasteiger partial charge in [0.1, 0.15) is 0 Å². The molecule has 0 aromatic heterocycles. The Kier molecular flexibility index (Phi) is 7.33. The van der Waals surface area contributed by atoms with E-state index in [4.69, 9.17) is 5.73 Å². The first-order chi connectivity index (χ1) is 8.29. The second-order valence-corrected chi connectivity index (χ2v) is 5.28. The molecule has 0 radical (unpaired) electrons. The SMILES string of the molecule is CC#CC[C@H](O)C/C=C\NC(=O)[C@@H](N)C(C)(C)C. The maximum absolute atomic E-state index is 11.6. The van der Waals surface area contributed by atoms with Crippen molar-refractivity contribution in [2.24, 2.45) is 11.1 Å². The second kappa shape index (κ2) is 7.91. The number of hydrogen-bond acceptors (Lipinski definition) is 3. The van der Waals surface area contributed by atoms with Crippen LogP contribution in [-0.4, -0.2) is 23.2 Å². The van der Waals surface area contributed by atoms with Gasteiger partial charge in [-0.1, -0.05) is 26.8 Å². The quantitative estimate of drug-likeness (QED) is 0.643. The molecule has 0 saturated heterocycles. The first-order valence-electron chi connectivity index (χ1n) is 6.07. The highest BCUT2D eigenvalue weighted by Gasteiger charge is 2.26. The number of amides is 1. The van der Waals surface area contributed by atoms with Gasteiger partial charge in [0.25, 0.3) is 0 Å². The number of hydrogen-bond donors (Lipinski definition) is 3. The van der Waals surface area contributed by atoms with E-state index < -0.39 is 12.1 Å². The predicted molar refractivity (Wildman–Crippen MR) is 73.4 cm³/mol. The van der Waals surface area contributed by atoms with Crippen molar-refractivity contribution in [1.82, 2.24) is 5.32 Å². The zero-order chi connectivity index (χ0) is 14.2. The lowest BCUT2D eigenvalue weighted by Crippen LogP contribution is -2.47. The van der Waals surface area contributed by atoms with Crippen LogP contribution in [-0.2, 0) is 4.79 Å². The fourth-order valence-corrected chi connectivity index (χ4v) is 1.15. The average Bonchev–Trinajstić information content (AvgIpc) is 2.29. The summed E-state index contributed by atoms with van der Waals surface area (Å²) in [6, 6.07) is -0.557. The zero-order valence-electron chi connectivity index (χ0n) is 11.7. The number of carbonyl (C=O) groups is 1. The van der Waals surface area contributed by atoms with Crippen LogP contribution >= 0.6 is 0 Å². The summed E-state index contributed by atoms with van der Waals surface area (Å²) in [5, 5.41) is 12.1. The summed E-state index contributed by atoms with van der Waals surface area (Å²) in [5.41, 5.74) is 5.52. The molecule has 0 unspecified atom stereocenters. The minimum Gasteiger partial charge on any atom is -0.392 e. The molecule has 1 amide bonds. The van der Waals surface area contributed by atoms with E-state index in [0.717, 1.165) is 0 Å². The Balaban J connectivity index is 4.02. The molecule has 18 heavy (non-hydrogen) atoms. The normalized spacial score (nSPS) is 14.8. The molecular formula is C14H24N2O2. The van der Waals surface area contributed by atoms with E-state index in [-0.39, 0.29) is 11.3 Å². The van der Waals surface area contributed by atoms with Crippen molar-refractivity contribution in [2.45, 2.75) is 52.7 Å². The van der Waals surface area contributed by atoms with E-state index in [1.807, 2.05) is 20.8 Å². The van der Waals surface area contributed by atoms with Gasteiger partial charge < -0.3 is 16.2 Å². The summed E-state index contributed by atoms with van der Waals surface area (Å²) in [4.78, 5) is 11.6. The summed E-state index contributed by atoms with van der Waals surface area (Å²) in [6.45, 7) is 7.47. The lowest BCUT2D eigenvalue weighted by atomic mass is 9.87. The summed E-state index contributed by atoms with van der Waals surface area (Å²) >= 11 is 0. The molecule has 4 nitrogen and oxygen atoms in total. The summed E-state index contributed by atoms with van der Waals surface area (Å²) < 4.78 is 0. The smallest absolute Gasteiger partial charge is 0.241 e. The molecule has 0 saturated carbocycles. The van der Waals surface area contributed by atoms with Crippen molar-refractivity contribution in [3.8, 4) is 11.8 Å². The summed E-state index contributed by atoms with van der Waals surface area (Å²) in [7, 11) is 0. The predicted octanol–water partition coefficient (Wildman–Crippen LogP) is 1.15. The highest BCUT2D eigenvalue weighted by molar-refractivity contribution is 5.83. The lowest BCUT2D eigenvalue weighted by molar-refractivity contribution is -0.123. The fraction of sp³-hybridized carbons (Fsp3) is 0.643. The van der Waals surface area contributed by atoms with E-state index >= 15 is 0 Å². The highest BCUT2D eigenvalue weighted by Crippen LogP contribution is 2.17. The van der Waals surface area contributed by atoms with Crippen LogP contribution in [0, 0.1) is 17.3 Å². The molecule has 0 aliphatic heterocycles. The Hall–Kier alpha value is -1.31. The van der Waals surface area contributed by atoms with Gasteiger partial charge in [-0.25, -0.2) is 0 Å². The van der Waals surface area contributed by atoms with Gasteiger partial charge in [0.15, 0.2) is 0 Å². The zero-order valence-corrected chi connectivity index (χ0v) is 11.7. The monoisotopic (exact) mass is 252 g/mol. The lowest BCUT2D eigenvalue weighted by Gasteiger charge is -2.25. The van der Waals surface area contributed by atoms with E-state index in [1.165, 1.54) is 6.20 Å². The average molecular weight is 252 g/mol. The van der Waals surface area contributed by atoms with Crippen LogP contribution in [0.5, 0.6) is 0 Å². The molecule has 0 heterocycles. The van der Waals surface area contributed by atoms with Gasteiger partial charge in [-0.3, -0.25) is 4.79 Å². The van der Waals surface area contributed by atoms with Crippen LogP contribution in [0.25, 0.3) is 0 Å². The second-order valence-electron chi connectivity index (χ2n) is 5.28. The summed E-state index contributed by atoms with van der Waals surface area (Å²) in [5.74, 6) is 5.29. The molecule has 0 aromatic rings.